The van der Waals surface area contributed by atoms with E-state index in [1.807, 2.05) is 0 Å². The standard InChI is InChI=1S/C10H9NO4S/c1-6-10(16(13,14)15)9(12)7-4-2-3-5-8(7)11-6/h2-5H,1H3,(H,11,12)(H,13,14,15). The second-order valence-electron chi connectivity index (χ2n) is 3.43. The smallest absolute Gasteiger partial charge is 0.300 e. The molecule has 2 N–H and O–H groups in total. The Labute approximate surface area is 91.5 Å². The summed E-state index contributed by atoms with van der Waals surface area (Å²) in [5.74, 6) is 0. The number of pyridine rings is 1. The van der Waals surface area contributed by atoms with Crippen LogP contribution in [0.1, 0.15) is 5.69 Å². The summed E-state index contributed by atoms with van der Waals surface area (Å²) in [6.45, 7) is 1.43. The minimum absolute atomic E-state index is 0.131. The lowest BCUT2D eigenvalue weighted by Gasteiger charge is -2.04. The topological polar surface area (TPSA) is 87.2 Å². The van der Waals surface area contributed by atoms with Gasteiger partial charge in [-0.05, 0) is 19.1 Å². The fraction of sp³-hybridized carbons (Fsp3) is 0.100. The van der Waals surface area contributed by atoms with Gasteiger partial charge in [0.15, 0.2) is 4.90 Å². The molecule has 0 fully saturated rings. The van der Waals surface area contributed by atoms with Crippen LogP contribution in [0.25, 0.3) is 10.9 Å². The molecule has 0 aliphatic carbocycles. The maximum atomic E-state index is 11.8. The molecule has 0 saturated heterocycles. The second kappa shape index (κ2) is 3.43. The minimum atomic E-state index is -4.50. The highest BCUT2D eigenvalue weighted by Crippen LogP contribution is 2.14. The van der Waals surface area contributed by atoms with Crippen LogP contribution in [0.2, 0.25) is 0 Å². The number of hydrogen-bond donors (Lipinski definition) is 2. The molecule has 6 heteroatoms. The Morgan fingerprint density at radius 3 is 2.50 bits per heavy atom. The third-order valence-corrected chi connectivity index (χ3v) is 3.31. The fourth-order valence-corrected chi connectivity index (χ4v) is 2.43. The van der Waals surface area contributed by atoms with Crippen molar-refractivity contribution in [1.29, 1.82) is 0 Å². The normalized spacial score (nSPS) is 11.9. The van der Waals surface area contributed by atoms with Crippen molar-refractivity contribution in [2.75, 3.05) is 0 Å². The lowest BCUT2D eigenvalue weighted by Crippen LogP contribution is -2.17. The van der Waals surface area contributed by atoms with Gasteiger partial charge >= 0.3 is 0 Å². The largest absolute Gasteiger partial charge is 0.357 e. The summed E-state index contributed by atoms with van der Waals surface area (Å²) in [7, 11) is -4.50. The van der Waals surface area contributed by atoms with Crippen LogP contribution in [0.15, 0.2) is 34.0 Å². The first-order valence-electron chi connectivity index (χ1n) is 4.50. The predicted molar refractivity (Wildman–Crippen MR) is 59.1 cm³/mol. The Bertz CT molecular complexity index is 715. The van der Waals surface area contributed by atoms with Crippen molar-refractivity contribution in [3.8, 4) is 0 Å². The SMILES string of the molecule is Cc1[nH]c2ccccc2c(=O)c1S(=O)(=O)O. The second-order valence-corrected chi connectivity index (χ2v) is 4.79. The number of rotatable bonds is 1. The molecule has 84 valence electrons. The average molecular weight is 239 g/mol. The van der Waals surface area contributed by atoms with Gasteiger partial charge in [0.1, 0.15) is 0 Å². The summed E-state index contributed by atoms with van der Waals surface area (Å²) in [6.07, 6.45) is 0. The lowest BCUT2D eigenvalue weighted by molar-refractivity contribution is 0.481. The van der Waals surface area contributed by atoms with E-state index in [1.54, 1.807) is 18.2 Å². The molecule has 0 spiro atoms. The van der Waals surface area contributed by atoms with Crippen molar-refractivity contribution >= 4 is 21.0 Å². The van der Waals surface area contributed by atoms with Crippen LogP contribution >= 0.6 is 0 Å². The van der Waals surface area contributed by atoms with E-state index in [2.05, 4.69) is 4.98 Å². The third-order valence-electron chi connectivity index (χ3n) is 2.30. The van der Waals surface area contributed by atoms with Crippen LogP contribution in [0, 0.1) is 6.92 Å². The molecular weight excluding hydrogens is 230 g/mol. The number of fused-ring (bicyclic) bond motifs is 1. The average Bonchev–Trinajstić information content (AvgIpc) is 2.15. The first kappa shape index (κ1) is 10.8. The Kier molecular flexibility index (Phi) is 2.32. The number of hydrogen-bond acceptors (Lipinski definition) is 3. The quantitative estimate of drug-likeness (QED) is 0.729. The van der Waals surface area contributed by atoms with Gasteiger partial charge in [-0.2, -0.15) is 8.42 Å². The maximum Gasteiger partial charge on any atom is 0.300 e. The van der Waals surface area contributed by atoms with Crippen molar-refractivity contribution in [2.24, 2.45) is 0 Å². The van der Waals surface area contributed by atoms with E-state index >= 15 is 0 Å². The van der Waals surface area contributed by atoms with E-state index in [4.69, 9.17) is 4.55 Å². The van der Waals surface area contributed by atoms with Crippen LogP contribution in [-0.4, -0.2) is 18.0 Å². The summed E-state index contributed by atoms with van der Waals surface area (Å²) in [5.41, 5.74) is -0.0158. The summed E-state index contributed by atoms with van der Waals surface area (Å²) in [4.78, 5) is 14.0. The first-order chi connectivity index (χ1) is 7.41. The zero-order valence-electron chi connectivity index (χ0n) is 8.39. The van der Waals surface area contributed by atoms with E-state index in [1.165, 1.54) is 13.0 Å². The monoisotopic (exact) mass is 239 g/mol. The van der Waals surface area contributed by atoms with E-state index in [0.717, 1.165) is 0 Å². The van der Waals surface area contributed by atoms with Crippen molar-refractivity contribution in [3.05, 3.63) is 40.2 Å². The molecule has 0 aliphatic rings. The molecule has 1 aromatic heterocycles. The molecule has 2 aromatic rings. The van der Waals surface area contributed by atoms with Crippen LogP contribution in [0.4, 0.5) is 0 Å². The van der Waals surface area contributed by atoms with Gasteiger partial charge in [0.2, 0.25) is 5.43 Å². The van der Waals surface area contributed by atoms with Gasteiger partial charge in [-0.25, -0.2) is 0 Å². The molecule has 0 radical (unpaired) electrons. The van der Waals surface area contributed by atoms with Gasteiger partial charge in [0, 0.05) is 16.6 Å². The highest BCUT2D eigenvalue weighted by atomic mass is 32.2. The summed E-state index contributed by atoms with van der Waals surface area (Å²) in [6, 6.07) is 6.52. The number of H-pyrrole nitrogens is 1. The van der Waals surface area contributed by atoms with Gasteiger partial charge < -0.3 is 4.98 Å². The highest BCUT2D eigenvalue weighted by molar-refractivity contribution is 7.85. The van der Waals surface area contributed by atoms with Crippen LogP contribution in [-0.2, 0) is 10.1 Å². The van der Waals surface area contributed by atoms with E-state index in [-0.39, 0.29) is 11.1 Å². The Hall–Kier alpha value is -1.66. The lowest BCUT2D eigenvalue weighted by atomic mass is 10.2. The Morgan fingerprint density at radius 1 is 1.25 bits per heavy atom. The van der Waals surface area contributed by atoms with Crippen molar-refractivity contribution < 1.29 is 13.0 Å². The van der Waals surface area contributed by atoms with Gasteiger partial charge in [-0.1, -0.05) is 12.1 Å². The molecule has 0 saturated carbocycles. The van der Waals surface area contributed by atoms with E-state index < -0.39 is 20.4 Å². The van der Waals surface area contributed by atoms with Gasteiger partial charge in [0.05, 0.1) is 0 Å². The fourth-order valence-electron chi connectivity index (χ4n) is 1.65. The molecule has 0 atom stereocenters. The number of nitrogens with one attached hydrogen (secondary N) is 1. The van der Waals surface area contributed by atoms with Crippen LogP contribution in [0.3, 0.4) is 0 Å². The van der Waals surface area contributed by atoms with Crippen LogP contribution in [0.5, 0.6) is 0 Å². The summed E-state index contributed by atoms with van der Waals surface area (Å²) in [5, 5.41) is 0.237. The minimum Gasteiger partial charge on any atom is -0.357 e. The van der Waals surface area contributed by atoms with Crippen molar-refractivity contribution in [2.45, 2.75) is 11.8 Å². The van der Waals surface area contributed by atoms with Crippen molar-refractivity contribution in [1.82, 2.24) is 4.98 Å². The zero-order valence-corrected chi connectivity index (χ0v) is 9.21. The van der Waals surface area contributed by atoms with Crippen LogP contribution < -0.4 is 5.43 Å². The van der Waals surface area contributed by atoms with Crippen molar-refractivity contribution in [3.63, 3.8) is 0 Å². The van der Waals surface area contributed by atoms with E-state index in [9.17, 15) is 13.2 Å². The third kappa shape index (κ3) is 1.62. The molecule has 0 bridgehead atoms. The predicted octanol–water partition coefficient (Wildman–Crippen LogP) is 1.08. The van der Waals surface area contributed by atoms with Gasteiger partial charge in [-0.3, -0.25) is 9.35 Å². The number of benzene rings is 1. The number of aromatic nitrogens is 1. The highest BCUT2D eigenvalue weighted by Gasteiger charge is 2.19. The number of para-hydroxylation sites is 1. The summed E-state index contributed by atoms with van der Waals surface area (Å²) < 4.78 is 31.1. The molecule has 0 aliphatic heterocycles. The maximum absolute atomic E-state index is 11.8. The first-order valence-corrected chi connectivity index (χ1v) is 5.94. The molecule has 0 amide bonds. The number of aromatic amines is 1. The molecule has 16 heavy (non-hydrogen) atoms. The van der Waals surface area contributed by atoms with Gasteiger partial charge in [0.25, 0.3) is 10.1 Å². The summed E-state index contributed by atoms with van der Waals surface area (Å²) >= 11 is 0. The molecule has 0 unspecified atom stereocenters. The molecule has 5 nitrogen and oxygen atoms in total. The molecule has 1 heterocycles. The molecular formula is C10H9NO4S. The Balaban J connectivity index is 3.04. The van der Waals surface area contributed by atoms with Gasteiger partial charge in [-0.15, -0.1) is 0 Å². The van der Waals surface area contributed by atoms with E-state index in [0.29, 0.717) is 5.52 Å². The number of aryl methyl sites for hydroxylation is 1. The molecule has 2 rings (SSSR count). The Morgan fingerprint density at radius 2 is 1.88 bits per heavy atom. The zero-order chi connectivity index (χ0) is 11.9. The molecule has 1 aromatic carbocycles.